The molecule has 2 rings (SSSR count). The minimum absolute atomic E-state index is 0.252. The Bertz CT molecular complexity index is 488. The molecule has 0 spiro atoms. The smallest absolute Gasteiger partial charge is 0.222 e. The van der Waals surface area contributed by atoms with Crippen molar-refractivity contribution in [1.82, 2.24) is 10.2 Å². The Morgan fingerprint density at radius 1 is 1.38 bits per heavy atom. The highest BCUT2D eigenvalue weighted by atomic mass is 16.5. The van der Waals surface area contributed by atoms with Gasteiger partial charge in [-0.1, -0.05) is 13.0 Å². The summed E-state index contributed by atoms with van der Waals surface area (Å²) in [6, 6.07) is 6.61. The van der Waals surface area contributed by atoms with Crippen molar-refractivity contribution < 1.29 is 9.53 Å². The van der Waals surface area contributed by atoms with Crippen molar-refractivity contribution >= 4 is 5.91 Å². The molecule has 0 bridgehead atoms. The molecule has 0 saturated carbocycles. The number of nitrogens with one attached hydrogen (secondary N) is 1. The summed E-state index contributed by atoms with van der Waals surface area (Å²) in [5.41, 5.74) is 2.34. The zero-order valence-electron chi connectivity index (χ0n) is 13.3. The van der Waals surface area contributed by atoms with Gasteiger partial charge in [-0.2, -0.15) is 0 Å². The summed E-state index contributed by atoms with van der Waals surface area (Å²) < 4.78 is 5.72. The molecule has 1 fully saturated rings. The van der Waals surface area contributed by atoms with Crippen LogP contribution in [0.15, 0.2) is 18.2 Å². The highest BCUT2D eigenvalue weighted by Crippen LogP contribution is 2.26. The highest BCUT2D eigenvalue weighted by Gasteiger charge is 2.21. The van der Waals surface area contributed by atoms with Crippen LogP contribution >= 0.6 is 0 Å². The van der Waals surface area contributed by atoms with Crippen LogP contribution in [0.25, 0.3) is 0 Å². The SMILES string of the molecule is CCNC(C)c1ccc(OCC)c(CN2CCCC2=O)c1. The molecular formula is C17H26N2O2. The van der Waals surface area contributed by atoms with E-state index in [0.29, 0.717) is 25.6 Å². The molecule has 116 valence electrons. The van der Waals surface area contributed by atoms with Crippen LogP contribution in [-0.2, 0) is 11.3 Å². The summed E-state index contributed by atoms with van der Waals surface area (Å²) >= 11 is 0. The van der Waals surface area contributed by atoms with E-state index in [-0.39, 0.29) is 5.91 Å². The van der Waals surface area contributed by atoms with Gasteiger partial charge in [0.15, 0.2) is 0 Å². The van der Waals surface area contributed by atoms with Gasteiger partial charge in [-0.15, -0.1) is 0 Å². The van der Waals surface area contributed by atoms with Crippen molar-refractivity contribution in [2.45, 2.75) is 46.2 Å². The number of carbonyl (C=O) groups is 1. The molecular weight excluding hydrogens is 264 g/mol. The van der Waals surface area contributed by atoms with Gasteiger partial charge >= 0.3 is 0 Å². The molecule has 1 aliphatic rings. The topological polar surface area (TPSA) is 41.6 Å². The predicted molar refractivity (Wildman–Crippen MR) is 84.4 cm³/mol. The maximum atomic E-state index is 11.8. The average Bonchev–Trinajstić information content (AvgIpc) is 2.86. The first-order chi connectivity index (χ1) is 10.2. The lowest BCUT2D eigenvalue weighted by atomic mass is 10.0. The number of ether oxygens (including phenoxy) is 1. The summed E-state index contributed by atoms with van der Waals surface area (Å²) in [5.74, 6) is 1.15. The quantitative estimate of drug-likeness (QED) is 0.839. The number of likely N-dealkylation sites (tertiary alicyclic amines) is 1. The first-order valence-electron chi connectivity index (χ1n) is 7.92. The lowest BCUT2D eigenvalue weighted by Gasteiger charge is -2.20. The first kappa shape index (κ1) is 15.8. The van der Waals surface area contributed by atoms with Gasteiger partial charge in [0, 0.05) is 31.1 Å². The van der Waals surface area contributed by atoms with Gasteiger partial charge in [0.25, 0.3) is 0 Å². The van der Waals surface area contributed by atoms with Gasteiger partial charge in [0.2, 0.25) is 5.91 Å². The van der Waals surface area contributed by atoms with Gasteiger partial charge in [0.1, 0.15) is 5.75 Å². The fourth-order valence-corrected chi connectivity index (χ4v) is 2.79. The normalized spacial score (nSPS) is 16.3. The van der Waals surface area contributed by atoms with E-state index in [4.69, 9.17) is 4.74 Å². The molecule has 0 aliphatic carbocycles. The van der Waals surface area contributed by atoms with Crippen molar-refractivity contribution in [3.05, 3.63) is 29.3 Å². The third-order valence-electron chi connectivity index (χ3n) is 3.93. The number of carbonyl (C=O) groups excluding carboxylic acids is 1. The van der Waals surface area contributed by atoms with Gasteiger partial charge in [-0.05, 0) is 44.5 Å². The molecule has 1 aliphatic heterocycles. The second kappa shape index (κ2) is 7.46. The van der Waals surface area contributed by atoms with Crippen LogP contribution in [0.3, 0.4) is 0 Å². The zero-order chi connectivity index (χ0) is 15.2. The summed E-state index contributed by atoms with van der Waals surface area (Å²) in [4.78, 5) is 13.8. The van der Waals surface area contributed by atoms with Crippen LogP contribution in [-0.4, -0.2) is 30.5 Å². The molecule has 1 aromatic carbocycles. The van der Waals surface area contributed by atoms with Crippen molar-refractivity contribution in [1.29, 1.82) is 0 Å². The largest absolute Gasteiger partial charge is 0.494 e. The molecule has 1 N–H and O–H groups in total. The molecule has 1 unspecified atom stereocenters. The Morgan fingerprint density at radius 2 is 2.19 bits per heavy atom. The fourth-order valence-electron chi connectivity index (χ4n) is 2.79. The van der Waals surface area contributed by atoms with Crippen molar-refractivity contribution in [2.75, 3.05) is 19.7 Å². The minimum atomic E-state index is 0.252. The number of rotatable bonds is 7. The molecule has 1 heterocycles. The maximum Gasteiger partial charge on any atom is 0.222 e. The molecule has 0 aromatic heterocycles. The number of hydrogen-bond acceptors (Lipinski definition) is 3. The van der Waals surface area contributed by atoms with E-state index in [0.717, 1.165) is 30.8 Å². The van der Waals surface area contributed by atoms with E-state index < -0.39 is 0 Å². The van der Waals surface area contributed by atoms with Crippen LogP contribution in [0.4, 0.5) is 0 Å². The molecule has 4 heteroatoms. The van der Waals surface area contributed by atoms with Gasteiger partial charge in [-0.25, -0.2) is 0 Å². The second-order valence-corrected chi connectivity index (χ2v) is 5.50. The Labute approximate surface area is 127 Å². The van der Waals surface area contributed by atoms with Crippen molar-refractivity contribution in [3.8, 4) is 5.75 Å². The van der Waals surface area contributed by atoms with E-state index >= 15 is 0 Å². The van der Waals surface area contributed by atoms with Crippen molar-refractivity contribution in [2.24, 2.45) is 0 Å². The molecule has 1 amide bonds. The molecule has 1 atom stereocenters. The Morgan fingerprint density at radius 3 is 2.81 bits per heavy atom. The number of hydrogen-bond donors (Lipinski definition) is 1. The van der Waals surface area contributed by atoms with E-state index in [1.54, 1.807) is 0 Å². The fraction of sp³-hybridized carbons (Fsp3) is 0.588. The monoisotopic (exact) mass is 290 g/mol. The summed E-state index contributed by atoms with van der Waals surface area (Å²) in [6.45, 7) is 9.34. The minimum Gasteiger partial charge on any atom is -0.494 e. The van der Waals surface area contributed by atoms with Crippen LogP contribution in [0.5, 0.6) is 5.75 Å². The summed E-state index contributed by atoms with van der Waals surface area (Å²) in [7, 11) is 0. The maximum absolute atomic E-state index is 11.8. The van der Waals surface area contributed by atoms with Crippen LogP contribution in [0.1, 0.15) is 50.8 Å². The van der Waals surface area contributed by atoms with E-state index in [9.17, 15) is 4.79 Å². The molecule has 4 nitrogen and oxygen atoms in total. The number of benzene rings is 1. The van der Waals surface area contributed by atoms with Gasteiger partial charge in [0.05, 0.1) is 6.61 Å². The van der Waals surface area contributed by atoms with E-state index in [2.05, 4.69) is 31.3 Å². The van der Waals surface area contributed by atoms with Crippen LogP contribution in [0, 0.1) is 0 Å². The lowest BCUT2D eigenvalue weighted by molar-refractivity contribution is -0.128. The number of nitrogens with zero attached hydrogens (tertiary/aromatic N) is 1. The van der Waals surface area contributed by atoms with E-state index in [1.807, 2.05) is 17.9 Å². The molecule has 1 saturated heterocycles. The summed E-state index contributed by atoms with van der Waals surface area (Å²) in [5, 5.41) is 3.42. The lowest BCUT2D eigenvalue weighted by Crippen LogP contribution is -2.24. The molecule has 0 radical (unpaired) electrons. The number of amides is 1. The first-order valence-corrected chi connectivity index (χ1v) is 7.92. The third-order valence-corrected chi connectivity index (χ3v) is 3.93. The Balaban J connectivity index is 2.21. The Hall–Kier alpha value is -1.55. The average molecular weight is 290 g/mol. The van der Waals surface area contributed by atoms with Gasteiger partial charge in [-0.3, -0.25) is 4.79 Å². The predicted octanol–water partition coefficient (Wildman–Crippen LogP) is 2.88. The van der Waals surface area contributed by atoms with Gasteiger partial charge < -0.3 is 15.0 Å². The van der Waals surface area contributed by atoms with E-state index in [1.165, 1.54) is 5.56 Å². The Kier molecular flexibility index (Phi) is 5.62. The van der Waals surface area contributed by atoms with Crippen LogP contribution < -0.4 is 10.1 Å². The second-order valence-electron chi connectivity index (χ2n) is 5.50. The van der Waals surface area contributed by atoms with Crippen molar-refractivity contribution in [3.63, 3.8) is 0 Å². The third kappa shape index (κ3) is 3.97. The molecule has 21 heavy (non-hydrogen) atoms. The summed E-state index contributed by atoms with van der Waals surface area (Å²) in [6.07, 6.45) is 1.65. The zero-order valence-corrected chi connectivity index (χ0v) is 13.3. The standard InChI is InChI=1S/C17H26N2O2/c1-4-18-13(3)14-8-9-16(21-5-2)15(11-14)12-19-10-6-7-17(19)20/h8-9,11,13,18H,4-7,10,12H2,1-3H3. The van der Waals surface area contributed by atoms with Crippen LogP contribution in [0.2, 0.25) is 0 Å². The molecule has 1 aromatic rings. The highest BCUT2D eigenvalue weighted by molar-refractivity contribution is 5.78.